The second-order valence-corrected chi connectivity index (χ2v) is 6.47. The molecule has 1 atom stereocenters. The molecule has 19 heavy (non-hydrogen) atoms. The Balaban J connectivity index is 2.20. The molecule has 0 amide bonds. The number of carboxylic acids is 1. The molecule has 1 N–H and O–H groups in total. The lowest BCUT2D eigenvalue weighted by Gasteiger charge is -2.41. The van der Waals surface area contributed by atoms with Crippen LogP contribution >= 0.6 is 27.5 Å². The molecule has 5 heteroatoms. The van der Waals surface area contributed by atoms with Crippen LogP contribution in [-0.4, -0.2) is 28.1 Å². The highest BCUT2D eigenvalue weighted by Gasteiger charge is 2.41. The first-order valence-electron chi connectivity index (χ1n) is 6.36. The van der Waals surface area contributed by atoms with Crippen LogP contribution in [0, 0.1) is 0 Å². The van der Waals surface area contributed by atoms with Gasteiger partial charge in [-0.15, -0.1) is 0 Å². The van der Waals surface area contributed by atoms with E-state index in [2.05, 4.69) is 15.9 Å². The average molecular weight is 347 g/mol. The van der Waals surface area contributed by atoms with Crippen molar-refractivity contribution in [2.75, 3.05) is 6.54 Å². The number of carboxylic acid groups (broad SMARTS) is 1. The fourth-order valence-corrected chi connectivity index (χ4v) is 2.98. The number of nitrogens with zero attached hydrogens (tertiary/aromatic N) is 1. The van der Waals surface area contributed by atoms with Gasteiger partial charge in [0.25, 0.3) is 0 Å². The van der Waals surface area contributed by atoms with Crippen molar-refractivity contribution < 1.29 is 9.90 Å². The number of aliphatic carboxylic acids is 1. The zero-order valence-corrected chi connectivity index (χ0v) is 13.2. The Morgan fingerprint density at radius 1 is 1.53 bits per heavy atom. The van der Waals surface area contributed by atoms with Crippen molar-refractivity contribution >= 4 is 33.5 Å². The molecular weight excluding hydrogens is 330 g/mol. The molecule has 1 aromatic carbocycles. The summed E-state index contributed by atoms with van der Waals surface area (Å²) in [5.74, 6) is -0.740. The molecule has 104 valence electrons. The molecule has 1 aliphatic heterocycles. The van der Waals surface area contributed by atoms with E-state index in [4.69, 9.17) is 11.6 Å². The number of likely N-dealkylation sites (tertiary alicyclic amines) is 1. The minimum absolute atomic E-state index is 0.621. The average Bonchev–Trinajstić information content (AvgIpc) is 2.36. The monoisotopic (exact) mass is 345 g/mol. The molecule has 1 unspecified atom stereocenters. The van der Waals surface area contributed by atoms with Crippen LogP contribution in [0.2, 0.25) is 5.02 Å². The smallest absolute Gasteiger partial charge is 0.323 e. The first kappa shape index (κ1) is 14.8. The van der Waals surface area contributed by atoms with Gasteiger partial charge in [0.05, 0.1) is 5.02 Å². The van der Waals surface area contributed by atoms with E-state index in [1.54, 1.807) is 0 Å². The maximum absolute atomic E-state index is 11.5. The van der Waals surface area contributed by atoms with Gasteiger partial charge in [0.1, 0.15) is 5.54 Å². The Morgan fingerprint density at radius 3 is 2.89 bits per heavy atom. The van der Waals surface area contributed by atoms with Crippen LogP contribution in [0.15, 0.2) is 22.7 Å². The van der Waals surface area contributed by atoms with Crippen molar-refractivity contribution in [2.45, 2.75) is 38.3 Å². The Bertz CT molecular complexity index is 494. The summed E-state index contributed by atoms with van der Waals surface area (Å²) < 4.78 is 0.859. The number of rotatable bonds is 3. The molecule has 1 saturated heterocycles. The Hall–Kier alpha value is -0.580. The van der Waals surface area contributed by atoms with Gasteiger partial charge in [-0.1, -0.05) is 17.7 Å². The zero-order valence-electron chi connectivity index (χ0n) is 10.8. The van der Waals surface area contributed by atoms with Gasteiger partial charge in [-0.3, -0.25) is 9.69 Å². The van der Waals surface area contributed by atoms with Crippen molar-refractivity contribution in [1.82, 2.24) is 4.90 Å². The predicted molar refractivity (Wildman–Crippen MR) is 79.5 cm³/mol. The zero-order chi connectivity index (χ0) is 14.0. The Kier molecular flexibility index (Phi) is 4.54. The van der Waals surface area contributed by atoms with Crippen LogP contribution in [0.5, 0.6) is 0 Å². The van der Waals surface area contributed by atoms with Crippen LogP contribution in [0.1, 0.15) is 31.7 Å². The third kappa shape index (κ3) is 3.12. The fourth-order valence-electron chi connectivity index (χ4n) is 2.53. The summed E-state index contributed by atoms with van der Waals surface area (Å²) in [7, 11) is 0. The molecule has 0 radical (unpaired) electrons. The van der Waals surface area contributed by atoms with E-state index < -0.39 is 11.5 Å². The standard InChI is InChI=1S/C14H17BrClNO2/c1-14(13(18)19)6-2-3-7-17(14)9-10-4-5-11(15)12(16)8-10/h4-5,8H,2-3,6-7,9H2,1H3,(H,18,19). The number of benzene rings is 1. The second-order valence-electron chi connectivity index (χ2n) is 5.21. The van der Waals surface area contributed by atoms with E-state index in [1.165, 1.54) is 0 Å². The van der Waals surface area contributed by atoms with Crippen molar-refractivity contribution in [1.29, 1.82) is 0 Å². The SMILES string of the molecule is CC1(C(=O)O)CCCCN1Cc1ccc(Br)c(Cl)c1. The summed E-state index contributed by atoms with van der Waals surface area (Å²) in [5, 5.41) is 10.1. The van der Waals surface area contributed by atoms with E-state index in [0.717, 1.165) is 29.4 Å². The molecule has 3 nitrogen and oxygen atoms in total. The van der Waals surface area contributed by atoms with E-state index >= 15 is 0 Å². The van der Waals surface area contributed by atoms with E-state index in [9.17, 15) is 9.90 Å². The minimum Gasteiger partial charge on any atom is -0.480 e. The quantitative estimate of drug-likeness (QED) is 0.901. The van der Waals surface area contributed by atoms with Gasteiger partial charge in [0, 0.05) is 11.0 Å². The van der Waals surface area contributed by atoms with E-state index in [1.807, 2.05) is 30.0 Å². The van der Waals surface area contributed by atoms with Crippen LogP contribution in [0.4, 0.5) is 0 Å². The first-order valence-corrected chi connectivity index (χ1v) is 7.53. The van der Waals surface area contributed by atoms with Crippen LogP contribution in [-0.2, 0) is 11.3 Å². The third-order valence-electron chi connectivity index (χ3n) is 3.86. The first-order chi connectivity index (χ1) is 8.93. The molecular formula is C14H17BrClNO2. The highest BCUT2D eigenvalue weighted by atomic mass is 79.9. The largest absolute Gasteiger partial charge is 0.480 e. The molecule has 0 saturated carbocycles. The van der Waals surface area contributed by atoms with E-state index in [0.29, 0.717) is 18.0 Å². The lowest BCUT2D eigenvalue weighted by atomic mass is 9.88. The maximum atomic E-state index is 11.5. The molecule has 2 rings (SSSR count). The molecule has 0 aromatic heterocycles. The van der Waals surface area contributed by atoms with Crippen molar-refractivity contribution in [3.05, 3.63) is 33.3 Å². The molecule has 1 fully saturated rings. The fraction of sp³-hybridized carbons (Fsp3) is 0.500. The third-order valence-corrected chi connectivity index (χ3v) is 5.09. The van der Waals surface area contributed by atoms with Crippen molar-refractivity contribution in [2.24, 2.45) is 0 Å². The number of halogens is 2. The molecule has 1 aliphatic rings. The molecule has 0 aliphatic carbocycles. The van der Waals surface area contributed by atoms with Gasteiger partial charge < -0.3 is 5.11 Å². The summed E-state index contributed by atoms with van der Waals surface area (Å²) in [6, 6.07) is 5.77. The maximum Gasteiger partial charge on any atom is 0.323 e. The highest BCUT2D eigenvalue weighted by molar-refractivity contribution is 9.10. The molecule has 0 spiro atoms. The van der Waals surface area contributed by atoms with Crippen LogP contribution in [0.3, 0.4) is 0 Å². The van der Waals surface area contributed by atoms with Crippen molar-refractivity contribution in [3.8, 4) is 0 Å². The normalized spacial score (nSPS) is 24.4. The minimum atomic E-state index is -0.766. The number of carbonyl (C=O) groups is 1. The number of hydrogen-bond acceptors (Lipinski definition) is 2. The van der Waals surface area contributed by atoms with Crippen LogP contribution < -0.4 is 0 Å². The highest BCUT2D eigenvalue weighted by Crippen LogP contribution is 2.31. The summed E-state index contributed by atoms with van der Waals surface area (Å²) in [4.78, 5) is 13.6. The Morgan fingerprint density at radius 2 is 2.26 bits per heavy atom. The van der Waals surface area contributed by atoms with Gasteiger partial charge in [-0.05, 0) is 66.4 Å². The number of piperidine rings is 1. The predicted octanol–water partition coefficient (Wildman–Crippen LogP) is 3.93. The van der Waals surface area contributed by atoms with Crippen LogP contribution in [0.25, 0.3) is 0 Å². The molecule has 0 bridgehead atoms. The van der Waals surface area contributed by atoms with Gasteiger partial charge in [0.2, 0.25) is 0 Å². The number of hydrogen-bond donors (Lipinski definition) is 1. The van der Waals surface area contributed by atoms with Gasteiger partial charge >= 0.3 is 5.97 Å². The molecule has 1 aromatic rings. The Labute approximate surface area is 126 Å². The van der Waals surface area contributed by atoms with Gasteiger partial charge in [-0.2, -0.15) is 0 Å². The van der Waals surface area contributed by atoms with Crippen molar-refractivity contribution in [3.63, 3.8) is 0 Å². The lowest BCUT2D eigenvalue weighted by Crippen LogP contribution is -2.54. The summed E-state index contributed by atoms with van der Waals surface area (Å²) in [5.41, 5.74) is 0.278. The van der Waals surface area contributed by atoms with Gasteiger partial charge in [0.15, 0.2) is 0 Å². The van der Waals surface area contributed by atoms with E-state index in [-0.39, 0.29) is 0 Å². The topological polar surface area (TPSA) is 40.5 Å². The summed E-state index contributed by atoms with van der Waals surface area (Å²) in [6.07, 6.45) is 2.72. The summed E-state index contributed by atoms with van der Waals surface area (Å²) >= 11 is 9.44. The molecule has 1 heterocycles. The summed E-state index contributed by atoms with van der Waals surface area (Å²) in [6.45, 7) is 3.25. The second kappa shape index (κ2) is 5.81. The lowest BCUT2D eigenvalue weighted by molar-refractivity contribution is -0.153. The van der Waals surface area contributed by atoms with Gasteiger partial charge in [-0.25, -0.2) is 0 Å².